The first-order valence-electron chi connectivity index (χ1n) is 6.35. The number of hydrogen-bond acceptors (Lipinski definition) is 2. The summed E-state index contributed by atoms with van der Waals surface area (Å²) in [6, 6.07) is 11.9. The van der Waals surface area contributed by atoms with E-state index in [9.17, 15) is 0 Å². The molecule has 0 aliphatic rings. The third-order valence-corrected chi connectivity index (χ3v) is 4.02. The third kappa shape index (κ3) is 3.54. The van der Waals surface area contributed by atoms with Gasteiger partial charge in [-0.3, -0.25) is 0 Å². The van der Waals surface area contributed by atoms with Crippen molar-refractivity contribution in [1.82, 2.24) is 0 Å². The maximum absolute atomic E-state index is 6.32. The fourth-order valence-electron chi connectivity index (χ4n) is 2.16. The molecule has 0 spiro atoms. The van der Waals surface area contributed by atoms with E-state index >= 15 is 0 Å². The first kappa shape index (κ1) is 15.4. The smallest absolute Gasteiger partial charge is 0.137 e. The Morgan fingerprint density at radius 2 is 1.90 bits per heavy atom. The molecule has 0 aliphatic carbocycles. The van der Waals surface area contributed by atoms with Crippen molar-refractivity contribution in [2.45, 2.75) is 19.4 Å². The van der Waals surface area contributed by atoms with Crippen LogP contribution in [0, 0.1) is 6.92 Å². The molecule has 0 saturated carbocycles. The SMILES string of the molecule is COc1c(Br)cc(Cl)cc1C(N)Cc1ccc(C)cc1. The van der Waals surface area contributed by atoms with E-state index in [1.165, 1.54) is 11.1 Å². The molecule has 4 heteroatoms. The van der Waals surface area contributed by atoms with E-state index in [4.69, 9.17) is 22.1 Å². The van der Waals surface area contributed by atoms with E-state index in [1.54, 1.807) is 7.11 Å². The lowest BCUT2D eigenvalue weighted by molar-refractivity contribution is 0.403. The molecule has 0 amide bonds. The number of hydrogen-bond donors (Lipinski definition) is 1. The van der Waals surface area contributed by atoms with Gasteiger partial charge in [-0.1, -0.05) is 41.4 Å². The molecule has 0 saturated heterocycles. The summed E-state index contributed by atoms with van der Waals surface area (Å²) in [5, 5.41) is 0.645. The standard InChI is InChI=1S/C16H17BrClNO/c1-10-3-5-11(6-4-10)7-15(19)13-8-12(18)9-14(17)16(13)20-2/h3-6,8-9,15H,7,19H2,1-2H3. The van der Waals surface area contributed by atoms with Crippen LogP contribution in [0.5, 0.6) is 5.75 Å². The van der Waals surface area contributed by atoms with Gasteiger partial charge in [0.25, 0.3) is 0 Å². The Hall–Kier alpha value is -1.03. The van der Waals surface area contributed by atoms with Crippen LogP contribution < -0.4 is 10.5 Å². The van der Waals surface area contributed by atoms with E-state index in [-0.39, 0.29) is 6.04 Å². The number of rotatable bonds is 4. The largest absolute Gasteiger partial charge is 0.495 e. The molecule has 2 nitrogen and oxygen atoms in total. The second kappa shape index (κ2) is 6.61. The van der Waals surface area contributed by atoms with Crippen molar-refractivity contribution in [1.29, 1.82) is 0 Å². The average Bonchev–Trinajstić information content (AvgIpc) is 2.40. The van der Waals surface area contributed by atoms with Crippen LogP contribution in [0.1, 0.15) is 22.7 Å². The van der Waals surface area contributed by atoms with Crippen molar-refractivity contribution in [2.75, 3.05) is 7.11 Å². The average molecular weight is 355 g/mol. The maximum Gasteiger partial charge on any atom is 0.137 e. The zero-order valence-corrected chi connectivity index (χ0v) is 13.8. The van der Waals surface area contributed by atoms with Gasteiger partial charge >= 0.3 is 0 Å². The molecule has 2 aromatic carbocycles. The zero-order valence-electron chi connectivity index (χ0n) is 11.5. The summed E-state index contributed by atoms with van der Waals surface area (Å²) in [6.45, 7) is 2.07. The number of nitrogens with two attached hydrogens (primary N) is 1. The van der Waals surface area contributed by atoms with Crippen molar-refractivity contribution < 1.29 is 4.74 Å². The molecule has 1 atom stereocenters. The number of aryl methyl sites for hydroxylation is 1. The summed E-state index contributed by atoms with van der Waals surface area (Å²) in [7, 11) is 1.64. The van der Waals surface area contributed by atoms with E-state index < -0.39 is 0 Å². The fraction of sp³-hybridized carbons (Fsp3) is 0.250. The first-order valence-corrected chi connectivity index (χ1v) is 7.52. The molecule has 2 N–H and O–H groups in total. The van der Waals surface area contributed by atoms with E-state index in [1.807, 2.05) is 12.1 Å². The molecule has 2 rings (SSSR count). The van der Waals surface area contributed by atoms with Gasteiger partial charge in [0.1, 0.15) is 5.75 Å². The van der Waals surface area contributed by atoms with Crippen LogP contribution >= 0.6 is 27.5 Å². The monoisotopic (exact) mass is 353 g/mol. The van der Waals surface area contributed by atoms with Gasteiger partial charge in [-0.2, -0.15) is 0 Å². The van der Waals surface area contributed by atoms with Crippen LogP contribution in [0.2, 0.25) is 5.02 Å². The number of halogens is 2. The topological polar surface area (TPSA) is 35.2 Å². The van der Waals surface area contributed by atoms with Crippen molar-refractivity contribution in [3.8, 4) is 5.75 Å². The van der Waals surface area contributed by atoms with Crippen LogP contribution in [0.3, 0.4) is 0 Å². The van der Waals surface area contributed by atoms with E-state index in [2.05, 4.69) is 47.1 Å². The molecule has 0 heterocycles. The normalized spacial score (nSPS) is 12.2. The summed E-state index contributed by atoms with van der Waals surface area (Å²) in [6.07, 6.45) is 0.740. The first-order chi connectivity index (χ1) is 9.51. The molecule has 106 valence electrons. The van der Waals surface area contributed by atoms with Crippen LogP contribution in [0.25, 0.3) is 0 Å². The molecule has 0 bridgehead atoms. The molecular weight excluding hydrogens is 338 g/mol. The van der Waals surface area contributed by atoms with Crippen LogP contribution in [-0.4, -0.2) is 7.11 Å². The Morgan fingerprint density at radius 1 is 1.25 bits per heavy atom. The quantitative estimate of drug-likeness (QED) is 0.866. The predicted octanol–water partition coefficient (Wildman–Crippen LogP) is 4.66. The maximum atomic E-state index is 6.32. The Morgan fingerprint density at radius 3 is 2.50 bits per heavy atom. The van der Waals surface area contributed by atoms with Crippen LogP contribution in [-0.2, 0) is 6.42 Å². The van der Waals surface area contributed by atoms with Crippen molar-refractivity contribution in [2.24, 2.45) is 5.73 Å². The van der Waals surface area contributed by atoms with Gasteiger partial charge in [0.2, 0.25) is 0 Å². The number of ether oxygens (including phenoxy) is 1. The molecule has 0 fully saturated rings. The third-order valence-electron chi connectivity index (χ3n) is 3.22. The molecule has 1 unspecified atom stereocenters. The molecule has 0 aromatic heterocycles. The zero-order chi connectivity index (χ0) is 14.7. The Bertz CT molecular complexity index is 598. The fourth-order valence-corrected chi connectivity index (χ4v) is 3.15. The second-order valence-corrected chi connectivity index (χ2v) is 6.10. The minimum Gasteiger partial charge on any atom is -0.495 e. The lowest BCUT2D eigenvalue weighted by Crippen LogP contribution is -2.14. The highest BCUT2D eigenvalue weighted by Crippen LogP contribution is 2.36. The Kier molecular flexibility index (Phi) is 5.08. The van der Waals surface area contributed by atoms with Crippen LogP contribution in [0.4, 0.5) is 0 Å². The summed E-state index contributed by atoms with van der Waals surface area (Å²) in [5.74, 6) is 0.744. The molecule has 2 aromatic rings. The summed E-state index contributed by atoms with van der Waals surface area (Å²) >= 11 is 9.56. The highest BCUT2D eigenvalue weighted by Gasteiger charge is 2.16. The molecule has 0 radical (unpaired) electrons. The van der Waals surface area contributed by atoms with Crippen molar-refractivity contribution in [3.05, 3.63) is 62.6 Å². The summed E-state index contributed by atoms with van der Waals surface area (Å²) in [4.78, 5) is 0. The van der Waals surface area contributed by atoms with Gasteiger partial charge in [-0.05, 0) is 47.0 Å². The van der Waals surface area contributed by atoms with Gasteiger partial charge in [0.05, 0.1) is 11.6 Å². The summed E-state index contributed by atoms with van der Waals surface area (Å²) < 4.78 is 6.24. The lowest BCUT2D eigenvalue weighted by atomic mass is 9.98. The second-order valence-electron chi connectivity index (χ2n) is 4.81. The van der Waals surface area contributed by atoms with E-state index in [0.717, 1.165) is 22.2 Å². The van der Waals surface area contributed by atoms with E-state index in [0.29, 0.717) is 5.02 Å². The Labute approximate surface area is 133 Å². The minimum absolute atomic E-state index is 0.164. The van der Waals surface area contributed by atoms with Crippen LogP contribution in [0.15, 0.2) is 40.9 Å². The van der Waals surface area contributed by atoms with Crippen molar-refractivity contribution in [3.63, 3.8) is 0 Å². The summed E-state index contributed by atoms with van der Waals surface area (Å²) in [5.41, 5.74) is 9.67. The minimum atomic E-state index is -0.164. The highest BCUT2D eigenvalue weighted by molar-refractivity contribution is 9.10. The van der Waals surface area contributed by atoms with Gasteiger partial charge in [0, 0.05) is 16.6 Å². The lowest BCUT2D eigenvalue weighted by Gasteiger charge is -2.17. The molecule has 0 aliphatic heterocycles. The molecular formula is C16H17BrClNO. The van der Waals surface area contributed by atoms with Gasteiger partial charge in [-0.15, -0.1) is 0 Å². The van der Waals surface area contributed by atoms with Gasteiger partial charge in [0.15, 0.2) is 0 Å². The van der Waals surface area contributed by atoms with Crippen molar-refractivity contribution >= 4 is 27.5 Å². The number of benzene rings is 2. The highest BCUT2D eigenvalue weighted by atomic mass is 79.9. The number of methoxy groups -OCH3 is 1. The Balaban J connectivity index is 2.28. The predicted molar refractivity (Wildman–Crippen MR) is 87.5 cm³/mol. The van der Waals surface area contributed by atoms with Gasteiger partial charge in [-0.25, -0.2) is 0 Å². The molecule has 20 heavy (non-hydrogen) atoms. The van der Waals surface area contributed by atoms with Gasteiger partial charge < -0.3 is 10.5 Å².